The molecule has 0 bridgehead atoms. The van der Waals surface area contributed by atoms with Crippen LogP contribution in [0.25, 0.3) is 0 Å². The molecule has 2 atom stereocenters. The van der Waals surface area contributed by atoms with Gasteiger partial charge in [0.05, 0.1) is 13.2 Å². The highest BCUT2D eigenvalue weighted by atomic mass is 16.4. The van der Waals surface area contributed by atoms with E-state index in [1.807, 2.05) is 0 Å². The van der Waals surface area contributed by atoms with Gasteiger partial charge in [0, 0.05) is 11.1 Å². The van der Waals surface area contributed by atoms with Gasteiger partial charge in [-0.15, -0.1) is 0 Å². The quantitative estimate of drug-likeness (QED) is 0.316. The fourth-order valence-corrected chi connectivity index (χ4v) is 1.63. The smallest absolute Gasteiger partial charge is 0.328 e. The van der Waals surface area contributed by atoms with Crippen molar-refractivity contribution in [2.24, 2.45) is 0 Å². The molecule has 24 heavy (non-hydrogen) atoms. The Hall–Kier alpha value is -2.98. The van der Waals surface area contributed by atoms with E-state index < -0.39 is 49.1 Å². The summed E-state index contributed by atoms with van der Waals surface area (Å²) in [6.07, 6.45) is 0. The zero-order chi connectivity index (χ0) is 18.3. The Morgan fingerprint density at radius 2 is 1.04 bits per heavy atom. The van der Waals surface area contributed by atoms with Gasteiger partial charge in [0.15, 0.2) is 12.1 Å². The Labute approximate surface area is 135 Å². The van der Waals surface area contributed by atoms with Gasteiger partial charge in [-0.3, -0.25) is 9.59 Å². The molecule has 0 saturated carbocycles. The van der Waals surface area contributed by atoms with Crippen molar-refractivity contribution in [1.29, 1.82) is 0 Å². The van der Waals surface area contributed by atoms with E-state index in [1.54, 1.807) is 0 Å². The van der Waals surface area contributed by atoms with Crippen LogP contribution in [0.4, 0.5) is 0 Å². The number of carboxylic acids is 2. The third kappa shape index (κ3) is 5.04. The minimum absolute atomic E-state index is 0.0446. The minimum Gasteiger partial charge on any atom is -0.480 e. The predicted octanol–water partition coefficient (Wildman–Crippen LogP) is -1.96. The minimum atomic E-state index is -1.46. The monoisotopic (exact) mass is 340 g/mol. The number of carbonyl (C=O) groups is 4. The molecule has 0 fully saturated rings. The molecule has 0 saturated heterocycles. The van der Waals surface area contributed by atoms with Gasteiger partial charge < -0.3 is 31.1 Å². The number of aliphatic carboxylic acids is 2. The number of carboxylic acid groups (broad SMARTS) is 2. The summed E-state index contributed by atoms with van der Waals surface area (Å²) in [6.45, 7) is -1.56. The molecule has 0 aliphatic carbocycles. The number of hydrogen-bond acceptors (Lipinski definition) is 6. The lowest BCUT2D eigenvalue weighted by Crippen LogP contribution is -2.43. The number of hydrogen-bond donors (Lipinski definition) is 6. The van der Waals surface area contributed by atoms with E-state index in [0.717, 1.165) is 0 Å². The molecule has 2 amide bonds. The standard InChI is InChI=1S/C14H16N2O8/c17-5-9(13(21)22)15-11(19)7-1-2-8(4-3-7)12(20)16-10(6-18)14(23)24/h1-4,9-10,17-18H,5-6H2,(H,15,19)(H,16,20)(H,21,22)(H,23,24)/t9-,10+. The van der Waals surface area contributed by atoms with Gasteiger partial charge in [0.1, 0.15) is 0 Å². The summed E-state index contributed by atoms with van der Waals surface area (Å²) in [5.41, 5.74) is 0.0892. The molecule has 0 spiro atoms. The second-order valence-electron chi connectivity index (χ2n) is 4.67. The summed E-state index contributed by atoms with van der Waals surface area (Å²) < 4.78 is 0. The van der Waals surface area contributed by atoms with Crippen LogP contribution >= 0.6 is 0 Å². The van der Waals surface area contributed by atoms with Gasteiger partial charge in [-0.2, -0.15) is 0 Å². The van der Waals surface area contributed by atoms with Crippen molar-refractivity contribution in [1.82, 2.24) is 10.6 Å². The Bertz CT molecular complexity index is 573. The first-order chi connectivity index (χ1) is 11.3. The third-order valence-electron chi connectivity index (χ3n) is 2.98. The third-order valence-corrected chi connectivity index (χ3v) is 2.98. The fraction of sp³-hybridized carbons (Fsp3) is 0.286. The van der Waals surface area contributed by atoms with E-state index in [4.69, 9.17) is 20.4 Å². The molecular formula is C14H16N2O8. The fourth-order valence-electron chi connectivity index (χ4n) is 1.63. The van der Waals surface area contributed by atoms with Crippen LogP contribution in [0.3, 0.4) is 0 Å². The highest BCUT2D eigenvalue weighted by Gasteiger charge is 2.21. The zero-order valence-electron chi connectivity index (χ0n) is 12.3. The van der Waals surface area contributed by atoms with Crippen LogP contribution in [-0.4, -0.2) is 69.5 Å². The van der Waals surface area contributed by atoms with Crippen molar-refractivity contribution in [3.05, 3.63) is 35.4 Å². The predicted molar refractivity (Wildman–Crippen MR) is 78.4 cm³/mol. The van der Waals surface area contributed by atoms with Crippen LogP contribution in [0.1, 0.15) is 20.7 Å². The molecule has 130 valence electrons. The Kier molecular flexibility index (Phi) is 6.83. The maximum atomic E-state index is 11.8. The maximum Gasteiger partial charge on any atom is 0.328 e. The lowest BCUT2D eigenvalue weighted by Gasteiger charge is -2.13. The summed E-state index contributed by atoms with van der Waals surface area (Å²) in [5, 5.41) is 39.3. The van der Waals surface area contributed by atoms with E-state index in [1.165, 1.54) is 24.3 Å². The highest BCUT2D eigenvalue weighted by molar-refractivity contribution is 5.99. The second kappa shape index (κ2) is 8.60. The van der Waals surface area contributed by atoms with Gasteiger partial charge in [0.2, 0.25) is 0 Å². The molecule has 1 rings (SSSR count). The van der Waals surface area contributed by atoms with E-state index >= 15 is 0 Å². The van der Waals surface area contributed by atoms with Crippen molar-refractivity contribution in [3.8, 4) is 0 Å². The number of amides is 2. The summed E-state index contributed by atoms with van der Waals surface area (Å²) >= 11 is 0. The first-order valence-corrected chi connectivity index (χ1v) is 6.69. The second-order valence-corrected chi connectivity index (χ2v) is 4.67. The van der Waals surface area contributed by atoms with Gasteiger partial charge in [0.25, 0.3) is 11.8 Å². The lowest BCUT2D eigenvalue weighted by atomic mass is 10.1. The van der Waals surface area contributed by atoms with E-state index in [9.17, 15) is 19.2 Å². The maximum absolute atomic E-state index is 11.8. The molecule has 0 aliphatic rings. The summed E-state index contributed by atoms with van der Waals surface area (Å²) in [5.74, 6) is -4.32. The van der Waals surface area contributed by atoms with E-state index in [0.29, 0.717) is 0 Å². The Morgan fingerprint density at radius 1 is 0.750 bits per heavy atom. The first kappa shape index (κ1) is 19.1. The van der Waals surface area contributed by atoms with Crippen LogP contribution in [0.15, 0.2) is 24.3 Å². The largest absolute Gasteiger partial charge is 0.480 e. The Morgan fingerprint density at radius 3 is 1.25 bits per heavy atom. The van der Waals surface area contributed by atoms with Gasteiger partial charge in [-0.1, -0.05) is 0 Å². The number of aliphatic hydroxyl groups is 2. The SMILES string of the molecule is O=C(N[C@@H](CO)C(=O)O)c1ccc(C(=O)N[C@H](CO)C(=O)O)cc1. The molecule has 0 aliphatic heterocycles. The van der Waals surface area contributed by atoms with Crippen LogP contribution in [0.5, 0.6) is 0 Å². The lowest BCUT2D eigenvalue weighted by molar-refractivity contribution is -0.141. The molecule has 6 N–H and O–H groups in total. The van der Waals surface area contributed by atoms with Crippen molar-refractivity contribution >= 4 is 23.8 Å². The molecular weight excluding hydrogens is 324 g/mol. The molecule has 0 unspecified atom stereocenters. The van der Waals surface area contributed by atoms with Crippen LogP contribution in [0.2, 0.25) is 0 Å². The highest BCUT2D eigenvalue weighted by Crippen LogP contribution is 2.05. The summed E-state index contributed by atoms with van der Waals surface area (Å²) in [7, 11) is 0. The van der Waals surface area contributed by atoms with E-state index in [2.05, 4.69) is 10.6 Å². The van der Waals surface area contributed by atoms with Crippen molar-refractivity contribution in [2.45, 2.75) is 12.1 Å². The average Bonchev–Trinajstić information content (AvgIpc) is 2.56. The van der Waals surface area contributed by atoms with Gasteiger partial charge in [-0.05, 0) is 24.3 Å². The van der Waals surface area contributed by atoms with Crippen molar-refractivity contribution in [2.75, 3.05) is 13.2 Å². The first-order valence-electron chi connectivity index (χ1n) is 6.69. The molecule has 0 aromatic heterocycles. The van der Waals surface area contributed by atoms with Gasteiger partial charge >= 0.3 is 11.9 Å². The van der Waals surface area contributed by atoms with E-state index in [-0.39, 0.29) is 11.1 Å². The normalized spacial score (nSPS) is 12.8. The molecule has 0 heterocycles. The Balaban J connectivity index is 2.78. The molecule has 10 nitrogen and oxygen atoms in total. The number of aliphatic hydroxyl groups excluding tert-OH is 2. The zero-order valence-corrected chi connectivity index (χ0v) is 12.3. The average molecular weight is 340 g/mol. The number of nitrogens with one attached hydrogen (secondary N) is 2. The van der Waals surface area contributed by atoms with Crippen LogP contribution in [-0.2, 0) is 9.59 Å². The van der Waals surface area contributed by atoms with Crippen LogP contribution < -0.4 is 10.6 Å². The van der Waals surface area contributed by atoms with Gasteiger partial charge in [-0.25, -0.2) is 9.59 Å². The molecule has 1 aromatic carbocycles. The molecule has 1 aromatic rings. The van der Waals surface area contributed by atoms with Crippen molar-refractivity contribution in [3.63, 3.8) is 0 Å². The molecule has 0 radical (unpaired) electrons. The van der Waals surface area contributed by atoms with Crippen LogP contribution in [0, 0.1) is 0 Å². The topological polar surface area (TPSA) is 173 Å². The number of rotatable bonds is 8. The van der Waals surface area contributed by atoms with Crippen molar-refractivity contribution < 1.29 is 39.6 Å². The number of benzene rings is 1. The number of carbonyl (C=O) groups excluding carboxylic acids is 2. The summed E-state index contributed by atoms with van der Waals surface area (Å²) in [4.78, 5) is 45.1. The molecule has 10 heteroatoms. The summed E-state index contributed by atoms with van der Waals surface area (Å²) in [6, 6.07) is 2.01.